The summed E-state index contributed by atoms with van der Waals surface area (Å²) in [7, 11) is -4.11. The Labute approximate surface area is 180 Å². The number of nitrogens with one attached hydrogen (secondary N) is 3. The highest BCUT2D eigenvalue weighted by Gasteiger charge is 2.33. The van der Waals surface area contributed by atoms with Crippen LogP contribution in [0.2, 0.25) is 0 Å². The Morgan fingerprint density at radius 1 is 1.27 bits per heavy atom. The second-order valence-corrected chi connectivity index (χ2v) is 9.48. The highest BCUT2D eigenvalue weighted by molar-refractivity contribution is 7.98. The lowest BCUT2D eigenvalue weighted by Crippen LogP contribution is -2.58. The average Bonchev–Trinajstić information content (AvgIpc) is 2.71. The fraction of sp³-hybridized carbons (Fsp3) is 0.500. The van der Waals surface area contributed by atoms with Crippen molar-refractivity contribution in [3.05, 3.63) is 35.9 Å². The summed E-state index contributed by atoms with van der Waals surface area (Å²) < 4.78 is 28.9. The molecule has 1 saturated heterocycles. The molecule has 10 nitrogen and oxygen atoms in total. The smallest absolute Gasteiger partial charge is 0.280 e. The number of hydrogen-bond acceptors (Lipinski definition) is 6. The predicted octanol–water partition coefficient (Wildman–Crippen LogP) is -1.41. The number of benzene rings is 1. The number of hydrogen-bond donors (Lipinski definition) is 4. The Hall–Kier alpha value is -2.15. The molecule has 3 amide bonds. The molecule has 12 heteroatoms. The van der Waals surface area contributed by atoms with Gasteiger partial charge in [0.25, 0.3) is 10.2 Å². The van der Waals surface area contributed by atoms with Gasteiger partial charge in [-0.2, -0.15) is 29.2 Å². The third-order valence-electron chi connectivity index (χ3n) is 4.50. The Kier molecular flexibility index (Phi) is 9.08. The molecule has 1 aromatic carbocycles. The molecule has 1 heterocycles. The maximum atomic E-state index is 12.9. The lowest BCUT2D eigenvalue weighted by Gasteiger charge is -2.28. The maximum Gasteiger partial charge on any atom is 0.280 e. The van der Waals surface area contributed by atoms with Crippen LogP contribution in [0.4, 0.5) is 0 Å². The number of carbonyl (C=O) groups excluding carboxylic acids is 3. The molecule has 0 bridgehead atoms. The van der Waals surface area contributed by atoms with Crippen molar-refractivity contribution in [2.24, 2.45) is 5.73 Å². The fourth-order valence-corrected chi connectivity index (χ4v) is 4.70. The van der Waals surface area contributed by atoms with E-state index in [9.17, 15) is 22.8 Å². The van der Waals surface area contributed by atoms with Crippen LogP contribution in [0.15, 0.2) is 30.3 Å². The molecule has 166 valence electrons. The summed E-state index contributed by atoms with van der Waals surface area (Å²) in [5, 5.41) is 5.11. The second-order valence-electron chi connectivity index (χ2n) is 6.79. The summed E-state index contributed by atoms with van der Waals surface area (Å²) in [5.41, 5.74) is 6.12. The molecule has 0 aromatic heterocycles. The second kappa shape index (κ2) is 11.3. The van der Waals surface area contributed by atoms with Gasteiger partial charge in [0.1, 0.15) is 12.1 Å². The van der Waals surface area contributed by atoms with Gasteiger partial charge < -0.3 is 16.4 Å². The van der Waals surface area contributed by atoms with Gasteiger partial charge in [0, 0.05) is 13.1 Å². The molecule has 2 rings (SSSR count). The first-order chi connectivity index (χ1) is 14.2. The van der Waals surface area contributed by atoms with E-state index in [-0.39, 0.29) is 26.1 Å². The summed E-state index contributed by atoms with van der Waals surface area (Å²) in [6.07, 6.45) is 2.26. The summed E-state index contributed by atoms with van der Waals surface area (Å²) in [6.45, 7) is -0.0429. The number of amides is 3. The highest BCUT2D eigenvalue weighted by atomic mass is 32.2. The first kappa shape index (κ1) is 24.1. The quantitative estimate of drug-likeness (QED) is 0.320. The van der Waals surface area contributed by atoms with Gasteiger partial charge in [0.15, 0.2) is 0 Å². The molecule has 1 aliphatic heterocycles. The van der Waals surface area contributed by atoms with E-state index in [1.54, 1.807) is 30.3 Å². The van der Waals surface area contributed by atoms with Crippen molar-refractivity contribution in [1.82, 2.24) is 19.7 Å². The fourth-order valence-electron chi connectivity index (χ4n) is 2.91. The van der Waals surface area contributed by atoms with Crippen LogP contribution in [-0.4, -0.2) is 74.2 Å². The van der Waals surface area contributed by atoms with Gasteiger partial charge in [-0.05, 0) is 30.4 Å². The minimum Gasteiger partial charge on any atom is -0.368 e. The van der Waals surface area contributed by atoms with Gasteiger partial charge in [-0.25, -0.2) is 0 Å². The Bertz CT molecular complexity index is 850. The summed E-state index contributed by atoms with van der Waals surface area (Å²) in [5.74, 6) is -1.16. The number of thioether (sulfide) groups is 1. The zero-order valence-electron chi connectivity index (χ0n) is 16.7. The van der Waals surface area contributed by atoms with Crippen LogP contribution in [-0.2, 0) is 31.0 Å². The third kappa shape index (κ3) is 7.27. The van der Waals surface area contributed by atoms with Gasteiger partial charge in [-0.3, -0.25) is 14.4 Å². The van der Waals surface area contributed by atoms with Crippen molar-refractivity contribution >= 4 is 39.7 Å². The third-order valence-corrected chi connectivity index (χ3v) is 6.72. The molecule has 0 radical (unpaired) electrons. The highest BCUT2D eigenvalue weighted by Crippen LogP contribution is 2.09. The van der Waals surface area contributed by atoms with Gasteiger partial charge in [-0.1, -0.05) is 30.3 Å². The zero-order chi connectivity index (χ0) is 22.1. The van der Waals surface area contributed by atoms with Crippen molar-refractivity contribution in [1.29, 1.82) is 0 Å². The molecule has 2 atom stereocenters. The first-order valence-electron chi connectivity index (χ1n) is 9.39. The van der Waals surface area contributed by atoms with Gasteiger partial charge >= 0.3 is 0 Å². The van der Waals surface area contributed by atoms with Crippen LogP contribution in [0, 0.1) is 0 Å². The van der Waals surface area contributed by atoms with E-state index < -0.39 is 40.0 Å². The summed E-state index contributed by atoms with van der Waals surface area (Å²) >= 11 is 1.50. The van der Waals surface area contributed by atoms with E-state index in [2.05, 4.69) is 15.4 Å². The van der Waals surface area contributed by atoms with Crippen LogP contribution < -0.4 is 21.1 Å². The van der Waals surface area contributed by atoms with E-state index in [1.807, 2.05) is 6.26 Å². The molecular weight excluding hydrogens is 430 g/mol. The molecular formula is C18H27N5O5S2. The molecule has 5 N–H and O–H groups in total. The van der Waals surface area contributed by atoms with Crippen LogP contribution >= 0.6 is 11.8 Å². The normalized spacial score (nSPS) is 17.0. The standard InChI is InChI=1S/C18H27N5O5S2/c1-29-10-7-14(17(19)25)21-18(26)15(11-13-5-3-2-4-6-13)22-30(27,28)23-9-8-20-16(24)12-23/h2-6,14-15,22H,7-12H2,1H3,(H2,19,25)(H,20,24)(H,21,26)/t14-,15-/m0/s1. The van der Waals surface area contributed by atoms with Gasteiger partial charge in [0.05, 0.1) is 6.54 Å². The van der Waals surface area contributed by atoms with E-state index in [4.69, 9.17) is 5.73 Å². The molecule has 0 aliphatic carbocycles. The number of nitrogens with two attached hydrogens (primary N) is 1. The SMILES string of the molecule is CSCC[C@H](NC(=O)[C@H](Cc1ccccc1)NS(=O)(=O)N1CCNC(=O)C1)C(N)=O. The predicted molar refractivity (Wildman–Crippen MR) is 115 cm³/mol. The van der Waals surface area contributed by atoms with E-state index >= 15 is 0 Å². The molecule has 0 unspecified atom stereocenters. The summed E-state index contributed by atoms with van der Waals surface area (Å²) in [4.78, 5) is 36.2. The van der Waals surface area contributed by atoms with Crippen LogP contribution in [0.3, 0.4) is 0 Å². The van der Waals surface area contributed by atoms with Crippen molar-refractivity contribution in [3.8, 4) is 0 Å². The van der Waals surface area contributed by atoms with Crippen molar-refractivity contribution in [2.75, 3.05) is 31.6 Å². The average molecular weight is 458 g/mol. The topological polar surface area (TPSA) is 151 Å². The minimum atomic E-state index is -4.11. The van der Waals surface area contributed by atoms with Crippen molar-refractivity contribution < 1.29 is 22.8 Å². The monoisotopic (exact) mass is 457 g/mol. The molecule has 1 aromatic rings. The molecule has 1 fully saturated rings. The lowest BCUT2D eigenvalue weighted by atomic mass is 10.1. The lowest BCUT2D eigenvalue weighted by molar-refractivity contribution is -0.128. The van der Waals surface area contributed by atoms with E-state index in [1.165, 1.54) is 11.8 Å². The number of nitrogens with zero attached hydrogens (tertiary/aromatic N) is 1. The minimum absolute atomic E-state index is 0.0694. The van der Waals surface area contributed by atoms with Gasteiger partial charge in [-0.15, -0.1) is 0 Å². The van der Waals surface area contributed by atoms with Gasteiger partial charge in [0.2, 0.25) is 17.7 Å². The van der Waals surface area contributed by atoms with E-state index in [0.29, 0.717) is 12.2 Å². The Morgan fingerprint density at radius 3 is 2.57 bits per heavy atom. The van der Waals surface area contributed by atoms with Crippen LogP contribution in [0.25, 0.3) is 0 Å². The van der Waals surface area contributed by atoms with Crippen LogP contribution in [0.1, 0.15) is 12.0 Å². The number of primary amides is 1. The zero-order valence-corrected chi connectivity index (χ0v) is 18.3. The maximum absolute atomic E-state index is 12.9. The first-order valence-corrected chi connectivity index (χ1v) is 12.2. The molecule has 30 heavy (non-hydrogen) atoms. The van der Waals surface area contributed by atoms with Crippen molar-refractivity contribution in [2.45, 2.75) is 24.9 Å². The van der Waals surface area contributed by atoms with Crippen LogP contribution in [0.5, 0.6) is 0 Å². The summed E-state index contributed by atoms with van der Waals surface area (Å²) in [6, 6.07) is 6.80. The largest absolute Gasteiger partial charge is 0.368 e. The number of rotatable bonds is 11. The number of piperazine rings is 1. The number of carbonyl (C=O) groups is 3. The molecule has 1 aliphatic rings. The Balaban J connectivity index is 2.19. The van der Waals surface area contributed by atoms with E-state index in [0.717, 1.165) is 9.87 Å². The molecule has 0 spiro atoms. The van der Waals surface area contributed by atoms with Crippen molar-refractivity contribution in [3.63, 3.8) is 0 Å². The Morgan fingerprint density at radius 2 is 1.97 bits per heavy atom. The molecule has 0 saturated carbocycles.